The largest absolute Gasteiger partial charge is 0.480 e. The number of aliphatic carboxylic acids is 1. The highest BCUT2D eigenvalue weighted by atomic mass is 16.4. The molecule has 94 valence electrons. The zero-order valence-electron chi connectivity index (χ0n) is 10.7. The topological polar surface area (TPSA) is 62.2 Å². The van der Waals surface area contributed by atoms with E-state index in [1.54, 1.807) is 6.20 Å². The zero-order valence-corrected chi connectivity index (χ0v) is 10.7. The van der Waals surface area contributed by atoms with Crippen LogP contribution in [0.25, 0.3) is 0 Å². The first kappa shape index (κ1) is 13.6. The van der Waals surface area contributed by atoms with Crippen molar-refractivity contribution < 1.29 is 9.90 Å². The Morgan fingerprint density at radius 1 is 1.47 bits per heavy atom. The van der Waals surface area contributed by atoms with Crippen LogP contribution in [-0.4, -0.2) is 21.6 Å². The van der Waals surface area contributed by atoms with E-state index in [1.807, 2.05) is 32.9 Å². The Morgan fingerprint density at radius 2 is 2.12 bits per heavy atom. The maximum Gasteiger partial charge on any atom is 0.323 e. The van der Waals surface area contributed by atoms with Gasteiger partial charge in [-0.3, -0.25) is 15.1 Å². The highest BCUT2D eigenvalue weighted by molar-refractivity contribution is 5.78. The Balaban J connectivity index is 2.78. The number of hydrogen-bond donors (Lipinski definition) is 2. The SMILES string of the molecule is CCC(CC)(NCc1ncccc1C)C(=O)O. The molecule has 2 N–H and O–H groups in total. The molecule has 0 amide bonds. The van der Waals surface area contributed by atoms with Gasteiger partial charge in [-0.05, 0) is 31.4 Å². The van der Waals surface area contributed by atoms with Crippen LogP contribution in [0, 0.1) is 6.92 Å². The Bertz CT molecular complexity index is 387. The molecule has 0 atom stereocenters. The summed E-state index contributed by atoms with van der Waals surface area (Å²) in [5, 5.41) is 12.4. The van der Waals surface area contributed by atoms with Gasteiger partial charge in [0, 0.05) is 12.7 Å². The predicted molar refractivity (Wildman–Crippen MR) is 66.8 cm³/mol. The van der Waals surface area contributed by atoms with Crippen LogP contribution < -0.4 is 5.32 Å². The summed E-state index contributed by atoms with van der Waals surface area (Å²) in [6.45, 7) is 6.23. The monoisotopic (exact) mass is 236 g/mol. The summed E-state index contributed by atoms with van der Waals surface area (Å²) in [5.74, 6) is -0.795. The van der Waals surface area contributed by atoms with Crippen molar-refractivity contribution >= 4 is 5.97 Å². The van der Waals surface area contributed by atoms with E-state index in [-0.39, 0.29) is 0 Å². The molecule has 4 nitrogen and oxygen atoms in total. The first-order valence-electron chi connectivity index (χ1n) is 5.94. The van der Waals surface area contributed by atoms with Crippen molar-refractivity contribution in [1.29, 1.82) is 0 Å². The van der Waals surface area contributed by atoms with Crippen molar-refractivity contribution in [3.05, 3.63) is 29.6 Å². The molecule has 0 saturated heterocycles. The molecule has 17 heavy (non-hydrogen) atoms. The van der Waals surface area contributed by atoms with E-state index in [4.69, 9.17) is 0 Å². The summed E-state index contributed by atoms with van der Waals surface area (Å²) in [6.07, 6.45) is 2.85. The molecule has 1 aromatic heterocycles. The lowest BCUT2D eigenvalue weighted by Gasteiger charge is -2.28. The summed E-state index contributed by atoms with van der Waals surface area (Å²) in [4.78, 5) is 15.6. The molecule has 0 aliphatic heterocycles. The quantitative estimate of drug-likeness (QED) is 0.794. The van der Waals surface area contributed by atoms with Gasteiger partial charge in [0.1, 0.15) is 5.54 Å². The molecule has 0 aliphatic carbocycles. The second kappa shape index (κ2) is 5.77. The summed E-state index contributed by atoms with van der Waals surface area (Å²) in [6, 6.07) is 3.85. The van der Waals surface area contributed by atoms with Gasteiger partial charge < -0.3 is 5.11 Å². The maximum absolute atomic E-state index is 11.3. The van der Waals surface area contributed by atoms with Gasteiger partial charge in [-0.2, -0.15) is 0 Å². The molecule has 1 aromatic rings. The van der Waals surface area contributed by atoms with E-state index in [2.05, 4.69) is 10.3 Å². The molecule has 0 radical (unpaired) electrons. The predicted octanol–water partition coefficient (Wildman–Crippen LogP) is 2.12. The van der Waals surface area contributed by atoms with Crippen LogP contribution >= 0.6 is 0 Å². The molecule has 0 spiro atoms. The molecule has 4 heteroatoms. The minimum absolute atomic E-state index is 0.487. The van der Waals surface area contributed by atoms with Gasteiger partial charge in [0.05, 0.1) is 5.69 Å². The van der Waals surface area contributed by atoms with Gasteiger partial charge in [0.15, 0.2) is 0 Å². The number of aryl methyl sites for hydroxylation is 1. The molecule has 0 bridgehead atoms. The third-order valence-electron chi connectivity index (χ3n) is 3.33. The van der Waals surface area contributed by atoms with E-state index < -0.39 is 11.5 Å². The van der Waals surface area contributed by atoms with Crippen LogP contribution in [0.1, 0.15) is 37.9 Å². The van der Waals surface area contributed by atoms with Crippen LogP contribution in [-0.2, 0) is 11.3 Å². The van der Waals surface area contributed by atoms with Gasteiger partial charge in [-0.25, -0.2) is 0 Å². The molecular weight excluding hydrogens is 216 g/mol. The van der Waals surface area contributed by atoms with Gasteiger partial charge in [0.2, 0.25) is 0 Å². The fourth-order valence-electron chi connectivity index (χ4n) is 1.83. The number of carboxylic acid groups (broad SMARTS) is 1. The van der Waals surface area contributed by atoms with Crippen LogP contribution in [0.15, 0.2) is 18.3 Å². The zero-order chi connectivity index (χ0) is 12.9. The van der Waals surface area contributed by atoms with Gasteiger partial charge in [0.25, 0.3) is 0 Å². The lowest BCUT2D eigenvalue weighted by atomic mass is 9.93. The summed E-state index contributed by atoms with van der Waals surface area (Å²) >= 11 is 0. The minimum atomic E-state index is -0.843. The van der Waals surface area contributed by atoms with Crippen LogP contribution in [0.2, 0.25) is 0 Å². The number of carboxylic acids is 1. The number of carbonyl (C=O) groups is 1. The average Bonchev–Trinajstić information content (AvgIpc) is 2.32. The van der Waals surface area contributed by atoms with Crippen LogP contribution in [0.5, 0.6) is 0 Å². The Labute approximate surface area is 102 Å². The molecule has 0 saturated carbocycles. The number of nitrogens with one attached hydrogen (secondary N) is 1. The fourth-order valence-corrected chi connectivity index (χ4v) is 1.83. The molecule has 0 aliphatic rings. The maximum atomic E-state index is 11.3. The third-order valence-corrected chi connectivity index (χ3v) is 3.33. The van der Waals surface area contributed by atoms with Crippen LogP contribution in [0.3, 0.4) is 0 Å². The summed E-state index contributed by atoms with van der Waals surface area (Å²) in [7, 11) is 0. The van der Waals surface area contributed by atoms with Crippen molar-refractivity contribution in [2.45, 2.75) is 45.7 Å². The second-order valence-corrected chi connectivity index (χ2v) is 4.21. The van der Waals surface area contributed by atoms with E-state index in [0.717, 1.165) is 11.3 Å². The van der Waals surface area contributed by atoms with E-state index in [9.17, 15) is 9.90 Å². The number of nitrogens with zero attached hydrogens (tertiary/aromatic N) is 1. The number of pyridine rings is 1. The van der Waals surface area contributed by atoms with Crippen molar-refractivity contribution in [3.63, 3.8) is 0 Å². The van der Waals surface area contributed by atoms with Crippen molar-refractivity contribution in [2.75, 3.05) is 0 Å². The van der Waals surface area contributed by atoms with Crippen LogP contribution in [0.4, 0.5) is 0 Å². The first-order valence-corrected chi connectivity index (χ1v) is 5.94. The third kappa shape index (κ3) is 3.03. The molecule has 0 aromatic carbocycles. The number of rotatable bonds is 6. The van der Waals surface area contributed by atoms with E-state index in [0.29, 0.717) is 19.4 Å². The van der Waals surface area contributed by atoms with Crippen molar-refractivity contribution in [3.8, 4) is 0 Å². The molecule has 0 unspecified atom stereocenters. The molecule has 1 rings (SSSR count). The second-order valence-electron chi connectivity index (χ2n) is 4.21. The highest BCUT2D eigenvalue weighted by Crippen LogP contribution is 2.16. The Kier molecular flexibility index (Phi) is 4.63. The van der Waals surface area contributed by atoms with E-state index in [1.165, 1.54) is 0 Å². The molecule has 1 heterocycles. The number of hydrogen-bond acceptors (Lipinski definition) is 3. The standard InChI is InChI=1S/C13H20N2O2/c1-4-13(5-2,12(16)17)15-9-11-10(3)7-6-8-14-11/h6-8,15H,4-5,9H2,1-3H3,(H,16,17). The summed E-state index contributed by atoms with van der Waals surface area (Å²) < 4.78 is 0. The highest BCUT2D eigenvalue weighted by Gasteiger charge is 2.34. The Morgan fingerprint density at radius 3 is 2.59 bits per heavy atom. The first-order chi connectivity index (χ1) is 8.05. The Hall–Kier alpha value is -1.42. The number of aromatic nitrogens is 1. The summed E-state index contributed by atoms with van der Waals surface area (Å²) in [5.41, 5.74) is 1.13. The van der Waals surface area contributed by atoms with Gasteiger partial charge >= 0.3 is 5.97 Å². The fraction of sp³-hybridized carbons (Fsp3) is 0.538. The van der Waals surface area contributed by atoms with Gasteiger partial charge in [-0.15, -0.1) is 0 Å². The lowest BCUT2D eigenvalue weighted by Crippen LogP contribution is -2.50. The van der Waals surface area contributed by atoms with E-state index >= 15 is 0 Å². The smallest absolute Gasteiger partial charge is 0.323 e. The lowest BCUT2D eigenvalue weighted by molar-refractivity contribution is -0.145. The van der Waals surface area contributed by atoms with Gasteiger partial charge in [-0.1, -0.05) is 19.9 Å². The van der Waals surface area contributed by atoms with Crippen molar-refractivity contribution in [2.24, 2.45) is 0 Å². The average molecular weight is 236 g/mol. The molecular formula is C13H20N2O2. The minimum Gasteiger partial charge on any atom is -0.480 e. The van der Waals surface area contributed by atoms with Crippen molar-refractivity contribution in [1.82, 2.24) is 10.3 Å². The normalized spacial score (nSPS) is 11.5. The molecule has 0 fully saturated rings.